The maximum atomic E-state index is 9.59. The summed E-state index contributed by atoms with van der Waals surface area (Å²) in [5, 5.41) is 18.9. The molecule has 0 aromatic rings. The molecule has 0 amide bonds. The van der Waals surface area contributed by atoms with Crippen LogP contribution in [0.1, 0.15) is 47.0 Å². The minimum absolute atomic E-state index is 0.0911. The van der Waals surface area contributed by atoms with Crippen LogP contribution in [0.5, 0.6) is 0 Å². The summed E-state index contributed by atoms with van der Waals surface area (Å²) in [5.41, 5.74) is 0. The van der Waals surface area contributed by atoms with Crippen LogP contribution in [-0.2, 0) is 4.74 Å². The van der Waals surface area contributed by atoms with E-state index in [9.17, 15) is 10.2 Å². The average molecular weight is 230 g/mol. The second kappa shape index (κ2) is 5.99. The van der Waals surface area contributed by atoms with Crippen LogP contribution in [0.2, 0.25) is 0 Å². The third kappa shape index (κ3) is 3.72. The van der Waals surface area contributed by atoms with Crippen molar-refractivity contribution in [2.45, 2.75) is 65.5 Å². The van der Waals surface area contributed by atoms with Crippen LogP contribution in [0.3, 0.4) is 0 Å². The molecule has 0 aromatic heterocycles. The molecule has 5 unspecified atom stereocenters. The van der Waals surface area contributed by atoms with Crippen LogP contribution in [0, 0.1) is 17.8 Å². The van der Waals surface area contributed by atoms with Gasteiger partial charge < -0.3 is 14.9 Å². The molecule has 1 fully saturated rings. The summed E-state index contributed by atoms with van der Waals surface area (Å²) >= 11 is 0. The highest BCUT2D eigenvalue weighted by Gasteiger charge is 2.33. The van der Waals surface area contributed by atoms with E-state index in [1.807, 2.05) is 0 Å². The van der Waals surface area contributed by atoms with Crippen LogP contribution >= 0.6 is 0 Å². The van der Waals surface area contributed by atoms with Gasteiger partial charge in [0.15, 0.2) is 6.29 Å². The Morgan fingerprint density at radius 2 is 1.75 bits per heavy atom. The van der Waals surface area contributed by atoms with Crippen LogP contribution in [0.25, 0.3) is 0 Å². The first-order valence-electron chi connectivity index (χ1n) is 6.43. The van der Waals surface area contributed by atoms with Crippen LogP contribution < -0.4 is 0 Å². The highest BCUT2D eigenvalue weighted by molar-refractivity contribution is 4.81. The lowest BCUT2D eigenvalue weighted by Gasteiger charge is -2.38. The minimum Gasteiger partial charge on any atom is -0.388 e. The first kappa shape index (κ1) is 13.9. The Kier molecular flexibility index (Phi) is 5.22. The molecule has 0 radical (unpaired) electrons. The van der Waals surface area contributed by atoms with Crippen LogP contribution in [0.15, 0.2) is 0 Å². The van der Waals surface area contributed by atoms with E-state index in [0.29, 0.717) is 17.8 Å². The molecule has 1 saturated carbocycles. The standard InChI is InChI=1S/C13H26O3/c1-8(2)11-6-5-9(3)7-12(11)16-13(15)10(4)14/h8-15H,5-7H2,1-4H3. The van der Waals surface area contributed by atoms with Gasteiger partial charge in [0, 0.05) is 0 Å². The van der Waals surface area contributed by atoms with Crippen molar-refractivity contribution in [2.75, 3.05) is 0 Å². The van der Waals surface area contributed by atoms with E-state index in [0.717, 1.165) is 12.8 Å². The predicted octanol–water partition coefficient (Wildman–Crippen LogP) is 2.16. The lowest BCUT2D eigenvalue weighted by molar-refractivity contribution is -0.206. The second-order valence-electron chi connectivity index (χ2n) is 5.63. The molecule has 3 nitrogen and oxygen atoms in total. The molecule has 3 heteroatoms. The predicted molar refractivity (Wildman–Crippen MR) is 63.9 cm³/mol. The van der Waals surface area contributed by atoms with Crippen molar-refractivity contribution in [3.8, 4) is 0 Å². The van der Waals surface area contributed by atoms with E-state index in [4.69, 9.17) is 4.74 Å². The van der Waals surface area contributed by atoms with Crippen molar-refractivity contribution in [2.24, 2.45) is 17.8 Å². The molecule has 16 heavy (non-hydrogen) atoms. The Morgan fingerprint density at radius 1 is 1.12 bits per heavy atom. The van der Waals surface area contributed by atoms with Crippen molar-refractivity contribution in [1.82, 2.24) is 0 Å². The molecule has 0 saturated heterocycles. The quantitative estimate of drug-likeness (QED) is 0.728. The summed E-state index contributed by atoms with van der Waals surface area (Å²) in [7, 11) is 0. The molecule has 5 atom stereocenters. The maximum absolute atomic E-state index is 9.59. The van der Waals surface area contributed by atoms with Gasteiger partial charge in [0.25, 0.3) is 0 Å². The first-order valence-corrected chi connectivity index (χ1v) is 6.43. The van der Waals surface area contributed by atoms with E-state index in [-0.39, 0.29) is 6.10 Å². The molecule has 1 aliphatic rings. The fraction of sp³-hybridized carbons (Fsp3) is 1.00. The van der Waals surface area contributed by atoms with E-state index in [1.165, 1.54) is 6.42 Å². The Balaban J connectivity index is 2.57. The van der Waals surface area contributed by atoms with Gasteiger partial charge in [-0.3, -0.25) is 0 Å². The van der Waals surface area contributed by atoms with Crippen molar-refractivity contribution in [1.29, 1.82) is 0 Å². The Labute approximate surface area is 98.8 Å². The van der Waals surface area contributed by atoms with Crippen molar-refractivity contribution in [3.63, 3.8) is 0 Å². The maximum Gasteiger partial charge on any atom is 0.180 e. The topological polar surface area (TPSA) is 49.7 Å². The third-order valence-electron chi connectivity index (χ3n) is 3.69. The smallest absolute Gasteiger partial charge is 0.180 e. The fourth-order valence-electron chi connectivity index (χ4n) is 2.56. The van der Waals surface area contributed by atoms with E-state index >= 15 is 0 Å². The summed E-state index contributed by atoms with van der Waals surface area (Å²) in [6, 6.07) is 0. The molecule has 1 aliphatic carbocycles. The zero-order valence-corrected chi connectivity index (χ0v) is 10.9. The average Bonchev–Trinajstić information content (AvgIpc) is 2.16. The van der Waals surface area contributed by atoms with Gasteiger partial charge in [-0.25, -0.2) is 0 Å². The number of hydrogen-bond acceptors (Lipinski definition) is 3. The van der Waals surface area contributed by atoms with Gasteiger partial charge in [0.2, 0.25) is 0 Å². The Hall–Kier alpha value is -0.120. The van der Waals surface area contributed by atoms with Gasteiger partial charge in [-0.1, -0.05) is 27.2 Å². The summed E-state index contributed by atoms with van der Waals surface area (Å²) in [6.07, 6.45) is 1.63. The van der Waals surface area contributed by atoms with Crippen molar-refractivity contribution < 1.29 is 14.9 Å². The SMILES string of the molecule is CC1CCC(C(C)C)C(OC(O)C(C)O)C1. The molecule has 0 aliphatic heterocycles. The molecular weight excluding hydrogens is 204 g/mol. The highest BCUT2D eigenvalue weighted by Crippen LogP contribution is 2.35. The van der Waals surface area contributed by atoms with Crippen LogP contribution in [0.4, 0.5) is 0 Å². The third-order valence-corrected chi connectivity index (χ3v) is 3.69. The molecular formula is C13H26O3. The summed E-state index contributed by atoms with van der Waals surface area (Å²) < 4.78 is 5.60. The minimum atomic E-state index is -1.04. The summed E-state index contributed by atoms with van der Waals surface area (Å²) in [6.45, 7) is 8.18. The van der Waals surface area contributed by atoms with E-state index < -0.39 is 12.4 Å². The lowest BCUT2D eigenvalue weighted by Crippen LogP contribution is -2.39. The van der Waals surface area contributed by atoms with Gasteiger partial charge in [-0.2, -0.15) is 0 Å². The Morgan fingerprint density at radius 3 is 2.25 bits per heavy atom. The number of aliphatic hydroxyl groups excluding tert-OH is 2. The number of ether oxygens (including phenoxy) is 1. The number of rotatable bonds is 4. The van der Waals surface area contributed by atoms with Gasteiger partial charge in [-0.15, -0.1) is 0 Å². The fourth-order valence-corrected chi connectivity index (χ4v) is 2.56. The molecule has 1 rings (SSSR count). The molecule has 0 aromatic carbocycles. The Bertz CT molecular complexity index is 203. The van der Waals surface area contributed by atoms with Gasteiger partial charge in [0.05, 0.1) is 6.10 Å². The number of hydrogen-bond donors (Lipinski definition) is 2. The second-order valence-corrected chi connectivity index (χ2v) is 5.63. The zero-order valence-electron chi connectivity index (χ0n) is 10.9. The highest BCUT2D eigenvalue weighted by atomic mass is 16.6. The monoisotopic (exact) mass is 230 g/mol. The molecule has 2 N–H and O–H groups in total. The molecule has 0 spiro atoms. The summed E-state index contributed by atoms with van der Waals surface area (Å²) in [4.78, 5) is 0. The van der Waals surface area contributed by atoms with Crippen molar-refractivity contribution >= 4 is 0 Å². The largest absolute Gasteiger partial charge is 0.388 e. The normalized spacial score (nSPS) is 35.1. The molecule has 96 valence electrons. The van der Waals surface area contributed by atoms with E-state index in [1.54, 1.807) is 6.92 Å². The van der Waals surface area contributed by atoms with E-state index in [2.05, 4.69) is 20.8 Å². The summed E-state index contributed by atoms with van der Waals surface area (Å²) in [5.74, 6) is 1.73. The molecule has 0 bridgehead atoms. The van der Waals surface area contributed by atoms with Crippen LogP contribution in [-0.4, -0.2) is 28.7 Å². The lowest BCUT2D eigenvalue weighted by atomic mass is 9.75. The molecule has 0 heterocycles. The van der Waals surface area contributed by atoms with Gasteiger partial charge in [-0.05, 0) is 37.5 Å². The van der Waals surface area contributed by atoms with Crippen molar-refractivity contribution in [3.05, 3.63) is 0 Å². The van der Waals surface area contributed by atoms with Gasteiger partial charge >= 0.3 is 0 Å². The number of aliphatic hydroxyl groups is 2. The zero-order chi connectivity index (χ0) is 12.3. The first-order chi connectivity index (χ1) is 7.41. The van der Waals surface area contributed by atoms with Gasteiger partial charge in [0.1, 0.15) is 6.10 Å².